The minimum absolute atomic E-state index is 0.0121. The van der Waals surface area contributed by atoms with Crippen LogP contribution in [0.1, 0.15) is 49.2 Å². The highest BCUT2D eigenvalue weighted by Gasteiger charge is 2.32. The van der Waals surface area contributed by atoms with Crippen LogP contribution in [0.5, 0.6) is 0 Å². The normalized spacial score (nSPS) is 18.2. The average Bonchev–Trinajstić information content (AvgIpc) is 2.85. The van der Waals surface area contributed by atoms with Gasteiger partial charge in [-0.25, -0.2) is 13.1 Å². The molecule has 9 heteroatoms. The summed E-state index contributed by atoms with van der Waals surface area (Å²) in [5.74, 6) is -0.199. The summed E-state index contributed by atoms with van der Waals surface area (Å²) in [6, 6.07) is 13.4. The van der Waals surface area contributed by atoms with Crippen molar-refractivity contribution in [2.24, 2.45) is 5.92 Å². The first-order valence-corrected chi connectivity index (χ1v) is 13.7. The first kappa shape index (κ1) is 25.8. The van der Waals surface area contributed by atoms with E-state index < -0.39 is 10.0 Å². The molecule has 0 spiro atoms. The highest BCUT2D eigenvalue weighted by molar-refractivity contribution is 7.89. The quantitative estimate of drug-likeness (QED) is 0.499. The molecule has 190 valence electrons. The molecular weight excluding hydrogens is 476 g/mol. The number of rotatable bonds is 7. The monoisotopic (exact) mass is 508 g/mol. The highest BCUT2D eigenvalue weighted by atomic mass is 32.2. The van der Waals surface area contributed by atoms with Gasteiger partial charge in [-0.3, -0.25) is 14.6 Å². The molecule has 1 fully saturated rings. The van der Waals surface area contributed by atoms with E-state index in [1.807, 2.05) is 24.8 Å². The Kier molecular flexibility index (Phi) is 7.70. The standard InChI is InChI=1S/C27H32N4O4S/c1-4-8-26(32)31-16-14-23(18(2)17-31)30-36(34,35)25-13-12-24(21-9-5-6-10-22(21)25)29-27(33)20-11-7-15-28-19(20)3/h5-7,9-13,15,18,23,30H,4,8,14,16-17H2,1-3H3,(H,29,33)/t18-,23-/m1/s1. The Bertz CT molecular complexity index is 1390. The van der Waals surface area contributed by atoms with Gasteiger partial charge in [0.1, 0.15) is 0 Å². The van der Waals surface area contributed by atoms with Crippen LogP contribution >= 0.6 is 0 Å². The Labute approximate surface area is 212 Å². The molecule has 1 saturated heterocycles. The zero-order chi connectivity index (χ0) is 25.9. The number of sulfonamides is 1. The fraction of sp³-hybridized carbons (Fsp3) is 0.370. The maximum Gasteiger partial charge on any atom is 0.257 e. The van der Waals surface area contributed by atoms with Crippen LogP contribution in [0.25, 0.3) is 10.8 Å². The van der Waals surface area contributed by atoms with Gasteiger partial charge in [-0.15, -0.1) is 0 Å². The maximum atomic E-state index is 13.5. The number of nitrogens with zero attached hydrogens (tertiary/aromatic N) is 2. The lowest BCUT2D eigenvalue weighted by Gasteiger charge is -2.37. The Morgan fingerprint density at radius 1 is 1.08 bits per heavy atom. The smallest absolute Gasteiger partial charge is 0.257 e. The average molecular weight is 509 g/mol. The molecule has 4 rings (SSSR count). The van der Waals surface area contributed by atoms with E-state index in [0.717, 1.165) is 6.42 Å². The highest BCUT2D eigenvalue weighted by Crippen LogP contribution is 2.31. The number of aryl methyl sites for hydroxylation is 1. The van der Waals surface area contributed by atoms with E-state index in [0.29, 0.717) is 53.6 Å². The van der Waals surface area contributed by atoms with Gasteiger partial charge in [0.2, 0.25) is 15.9 Å². The number of piperidine rings is 1. The summed E-state index contributed by atoms with van der Waals surface area (Å²) >= 11 is 0. The number of carbonyl (C=O) groups is 2. The lowest BCUT2D eigenvalue weighted by Crippen LogP contribution is -2.51. The number of nitrogens with one attached hydrogen (secondary N) is 2. The van der Waals surface area contributed by atoms with Gasteiger partial charge in [0, 0.05) is 53.9 Å². The molecule has 1 aliphatic heterocycles. The van der Waals surface area contributed by atoms with Gasteiger partial charge in [0.15, 0.2) is 0 Å². The van der Waals surface area contributed by atoms with Crippen molar-refractivity contribution in [1.29, 1.82) is 0 Å². The van der Waals surface area contributed by atoms with Gasteiger partial charge in [-0.2, -0.15) is 0 Å². The molecule has 0 bridgehead atoms. The van der Waals surface area contributed by atoms with E-state index in [4.69, 9.17) is 0 Å². The molecule has 0 aliphatic carbocycles. The SMILES string of the molecule is CCCC(=O)N1CC[C@@H](NS(=O)(=O)c2ccc(NC(=O)c3cccnc3C)c3ccccc23)[C@H](C)C1. The second-order valence-corrected chi connectivity index (χ2v) is 11.0. The molecule has 0 unspecified atom stereocenters. The van der Waals surface area contributed by atoms with Crippen LogP contribution in [0.4, 0.5) is 5.69 Å². The Morgan fingerprint density at radius 3 is 2.53 bits per heavy atom. The third-order valence-corrected chi connectivity index (χ3v) is 8.25. The molecule has 3 aromatic rings. The molecule has 2 N–H and O–H groups in total. The number of benzene rings is 2. The van der Waals surface area contributed by atoms with Crippen molar-refractivity contribution in [2.75, 3.05) is 18.4 Å². The Balaban J connectivity index is 1.57. The molecule has 2 aromatic carbocycles. The van der Waals surface area contributed by atoms with E-state index >= 15 is 0 Å². The summed E-state index contributed by atoms with van der Waals surface area (Å²) in [7, 11) is -3.85. The number of pyridine rings is 1. The van der Waals surface area contributed by atoms with Crippen LogP contribution in [-0.4, -0.2) is 49.2 Å². The van der Waals surface area contributed by atoms with Crippen molar-refractivity contribution < 1.29 is 18.0 Å². The fourth-order valence-corrected chi connectivity index (χ4v) is 6.30. The first-order valence-electron chi connectivity index (χ1n) is 12.3. The number of anilines is 1. The summed E-state index contributed by atoms with van der Waals surface area (Å²) in [5.41, 5.74) is 1.59. The van der Waals surface area contributed by atoms with Gasteiger partial charge in [-0.05, 0) is 49.9 Å². The number of amides is 2. The molecule has 1 aromatic heterocycles. The van der Waals surface area contributed by atoms with Crippen LogP contribution in [0.15, 0.2) is 59.6 Å². The summed E-state index contributed by atoms with van der Waals surface area (Å²) in [6.07, 6.45) is 3.50. The van der Waals surface area contributed by atoms with Gasteiger partial charge >= 0.3 is 0 Å². The minimum Gasteiger partial charge on any atom is -0.342 e. The van der Waals surface area contributed by atoms with Crippen LogP contribution in [0.2, 0.25) is 0 Å². The summed E-state index contributed by atoms with van der Waals surface area (Å²) in [6.45, 7) is 6.78. The Hall–Kier alpha value is -3.30. The predicted molar refractivity (Wildman–Crippen MR) is 140 cm³/mol. The van der Waals surface area contributed by atoms with Crippen LogP contribution < -0.4 is 10.0 Å². The second-order valence-electron chi connectivity index (χ2n) is 9.33. The van der Waals surface area contributed by atoms with Crippen LogP contribution in [0, 0.1) is 12.8 Å². The van der Waals surface area contributed by atoms with Crippen molar-refractivity contribution >= 4 is 38.3 Å². The molecule has 36 heavy (non-hydrogen) atoms. The number of carbonyl (C=O) groups excluding carboxylic acids is 2. The van der Waals surface area contributed by atoms with E-state index in [1.165, 1.54) is 6.07 Å². The fourth-order valence-electron chi connectivity index (χ4n) is 4.71. The largest absolute Gasteiger partial charge is 0.342 e. The molecule has 1 aliphatic rings. The zero-order valence-corrected chi connectivity index (χ0v) is 21.6. The molecule has 2 atom stereocenters. The number of likely N-dealkylation sites (tertiary alicyclic amines) is 1. The van der Waals surface area contributed by atoms with Gasteiger partial charge in [0.25, 0.3) is 5.91 Å². The number of fused-ring (bicyclic) bond motifs is 1. The molecule has 2 heterocycles. The maximum absolute atomic E-state index is 13.5. The van der Waals surface area contributed by atoms with Gasteiger partial charge in [0.05, 0.1) is 10.5 Å². The number of hydrogen-bond acceptors (Lipinski definition) is 5. The van der Waals surface area contributed by atoms with Crippen molar-refractivity contribution in [2.45, 2.75) is 51.0 Å². The van der Waals surface area contributed by atoms with E-state index in [-0.39, 0.29) is 28.7 Å². The topological polar surface area (TPSA) is 108 Å². The lowest BCUT2D eigenvalue weighted by atomic mass is 9.94. The van der Waals surface area contributed by atoms with Crippen molar-refractivity contribution in [3.05, 3.63) is 66.0 Å². The molecular formula is C27H32N4O4S. The Morgan fingerprint density at radius 2 is 1.83 bits per heavy atom. The summed E-state index contributed by atoms with van der Waals surface area (Å²) < 4.78 is 29.9. The van der Waals surface area contributed by atoms with Crippen molar-refractivity contribution in [1.82, 2.24) is 14.6 Å². The molecule has 0 radical (unpaired) electrons. The van der Waals surface area contributed by atoms with E-state index in [2.05, 4.69) is 15.0 Å². The zero-order valence-electron chi connectivity index (χ0n) is 20.8. The molecule has 2 amide bonds. The number of aromatic nitrogens is 1. The first-order chi connectivity index (χ1) is 17.2. The van der Waals surface area contributed by atoms with Gasteiger partial charge < -0.3 is 10.2 Å². The van der Waals surface area contributed by atoms with E-state index in [1.54, 1.807) is 49.5 Å². The molecule has 8 nitrogen and oxygen atoms in total. The predicted octanol–water partition coefficient (Wildman–Crippen LogP) is 4.11. The van der Waals surface area contributed by atoms with Crippen molar-refractivity contribution in [3.63, 3.8) is 0 Å². The third kappa shape index (κ3) is 5.42. The van der Waals surface area contributed by atoms with Gasteiger partial charge in [-0.1, -0.05) is 38.1 Å². The number of hydrogen-bond donors (Lipinski definition) is 2. The summed E-state index contributed by atoms with van der Waals surface area (Å²) in [4.78, 5) is 31.3. The van der Waals surface area contributed by atoms with Crippen LogP contribution in [0.3, 0.4) is 0 Å². The lowest BCUT2D eigenvalue weighted by molar-refractivity contribution is -0.133. The van der Waals surface area contributed by atoms with Crippen molar-refractivity contribution in [3.8, 4) is 0 Å². The third-order valence-electron chi connectivity index (χ3n) is 6.70. The second kappa shape index (κ2) is 10.8. The summed E-state index contributed by atoms with van der Waals surface area (Å²) in [5, 5.41) is 4.05. The van der Waals surface area contributed by atoms with Crippen LogP contribution in [-0.2, 0) is 14.8 Å². The van der Waals surface area contributed by atoms with E-state index in [9.17, 15) is 18.0 Å². The minimum atomic E-state index is -3.85. The molecule has 0 saturated carbocycles.